The van der Waals surface area contributed by atoms with Crippen molar-refractivity contribution in [3.8, 4) is 0 Å². The van der Waals surface area contributed by atoms with Crippen molar-refractivity contribution in [1.82, 2.24) is 5.32 Å². The largest absolute Gasteiger partial charge is 0.416 e. The van der Waals surface area contributed by atoms with E-state index in [0.29, 0.717) is 5.56 Å². The normalized spacial score (nSPS) is 15.8. The molecule has 0 saturated heterocycles. The topological polar surface area (TPSA) is 72.7 Å². The average molecular weight is 335 g/mol. The Kier molecular flexibility index (Phi) is 5.85. The molecule has 0 aliphatic rings. The Labute approximate surface area is 134 Å². The number of aliphatic hydroxyl groups is 3. The summed E-state index contributed by atoms with van der Waals surface area (Å²) < 4.78 is 39.4. The predicted octanol–water partition coefficient (Wildman–Crippen LogP) is 2.15. The van der Waals surface area contributed by atoms with Gasteiger partial charge in [0.1, 0.15) is 0 Å². The van der Waals surface area contributed by atoms with Crippen LogP contribution in [0.1, 0.15) is 44.4 Å². The molecule has 0 amide bonds. The van der Waals surface area contributed by atoms with Gasteiger partial charge in [-0.15, -0.1) is 0 Å². The number of hydrogen-bond acceptors (Lipinski definition) is 4. The quantitative estimate of drug-likeness (QED) is 0.622. The van der Waals surface area contributed by atoms with E-state index in [2.05, 4.69) is 5.32 Å². The van der Waals surface area contributed by atoms with E-state index in [1.54, 1.807) is 20.8 Å². The molecule has 0 aliphatic carbocycles. The first-order valence-electron chi connectivity index (χ1n) is 7.24. The van der Waals surface area contributed by atoms with E-state index in [-0.39, 0.29) is 12.1 Å². The van der Waals surface area contributed by atoms with Gasteiger partial charge < -0.3 is 20.6 Å². The molecule has 1 atom stereocenters. The molecule has 0 radical (unpaired) electrons. The summed E-state index contributed by atoms with van der Waals surface area (Å²) in [4.78, 5) is 0. The standard InChI is InChI=1S/C16H24F3NO3/c1-14(2,3)12-7-10(5-6-11(12)16(17,18)19)8-20-15(4,9-21)13(22)23/h5-7,13,20-23H,8-9H2,1-4H3. The van der Waals surface area contributed by atoms with Crippen molar-refractivity contribution in [1.29, 1.82) is 0 Å². The third-order valence-electron chi connectivity index (χ3n) is 3.79. The molecule has 1 aromatic carbocycles. The van der Waals surface area contributed by atoms with Gasteiger partial charge in [0.15, 0.2) is 6.29 Å². The van der Waals surface area contributed by atoms with Gasteiger partial charge in [-0.1, -0.05) is 32.9 Å². The molecule has 0 bridgehead atoms. The van der Waals surface area contributed by atoms with Crippen LogP contribution < -0.4 is 5.32 Å². The Morgan fingerprint density at radius 1 is 1.04 bits per heavy atom. The highest BCUT2D eigenvalue weighted by molar-refractivity contribution is 5.38. The lowest BCUT2D eigenvalue weighted by atomic mass is 9.82. The third kappa shape index (κ3) is 4.91. The minimum Gasteiger partial charge on any atom is -0.394 e. The van der Waals surface area contributed by atoms with Gasteiger partial charge >= 0.3 is 6.18 Å². The zero-order valence-electron chi connectivity index (χ0n) is 13.7. The molecule has 7 heteroatoms. The number of benzene rings is 1. The summed E-state index contributed by atoms with van der Waals surface area (Å²) in [6.45, 7) is 6.07. The van der Waals surface area contributed by atoms with Crippen LogP contribution in [-0.4, -0.2) is 33.8 Å². The maximum atomic E-state index is 13.1. The van der Waals surface area contributed by atoms with Crippen molar-refractivity contribution < 1.29 is 28.5 Å². The molecule has 0 aromatic heterocycles. The minimum atomic E-state index is -4.44. The SMILES string of the molecule is CC(C)(C)c1cc(CNC(C)(CO)C(O)O)ccc1C(F)(F)F. The van der Waals surface area contributed by atoms with Gasteiger partial charge in [0.25, 0.3) is 0 Å². The highest BCUT2D eigenvalue weighted by Crippen LogP contribution is 2.37. The molecule has 0 aliphatic heterocycles. The Morgan fingerprint density at radius 3 is 2.00 bits per heavy atom. The van der Waals surface area contributed by atoms with Crippen LogP contribution in [0, 0.1) is 0 Å². The van der Waals surface area contributed by atoms with E-state index in [1.807, 2.05) is 0 Å². The molecule has 1 aromatic rings. The second-order valence-corrected chi connectivity index (χ2v) is 6.93. The second kappa shape index (κ2) is 6.76. The van der Waals surface area contributed by atoms with E-state index in [4.69, 9.17) is 0 Å². The van der Waals surface area contributed by atoms with E-state index < -0.39 is 35.6 Å². The van der Waals surface area contributed by atoms with Crippen LogP contribution >= 0.6 is 0 Å². The summed E-state index contributed by atoms with van der Waals surface area (Å²) >= 11 is 0. The van der Waals surface area contributed by atoms with Crippen LogP contribution in [0.25, 0.3) is 0 Å². The number of alkyl halides is 3. The van der Waals surface area contributed by atoms with Gasteiger partial charge in [0.05, 0.1) is 17.7 Å². The number of nitrogens with one attached hydrogen (secondary N) is 1. The summed E-state index contributed by atoms with van der Waals surface area (Å²) in [5, 5.41) is 30.5. The summed E-state index contributed by atoms with van der Waals surface area (Å²) in [6.07, 6.45) is -6.24. The molecule has 0 spiro atoms. The fourth-order valence-electron chi connectivity index (χ4n) is 2.10. The second-order valence-electron chi connectivity index (χ2n) is 6.93. The molecule has 0 fully saturated rings. The zero-order valence-corrected chi connectivity index (χ0v) is 13.7. The lowest BCUT2D eigenvalue weighted by molar-refractivity contribution is -0.138. The predicted molar refractivity (Wildman–Crippen MR) is 80.7 cm³/mol. The molecular weight excluding hydrogens is 311 g/mol. The molecular formula is C16H24F3NO3. The lowest BCUT2D eigenvalue weighted by Crippen LogP contribution is -2.54. The first-order chi connectivity index (χ1) is 10.3. The van der Waals surface area contributed by atoms with Gasteiger partial charge in [-0.25, -0.2) is 0 Å². The van der Waals surface area contributed by atoms with Crippen molar-refractivity contribution >= 4 is 0 Å². The Bertz CT molecular complexity index is 538. The number of hydrogen-bond donors (Lipinski definition) is 4. The van der Waals surface area contributed by atoms with E-state index in [1.165, 1.54) is 19.1 Å². The van der Waals surface area contributed by atoms with Gasteiger partial charge in [0.2, 0.25) is 0 Å². The van der Waals surface area contributed by atoms with Gasteiger partial charge in [-0.2, -0.15) is 13.2 Å². The maximum Gasteiger partial charge on any atom is 0.416 e. The van der Waals surface area contributed by atoms with Crippen LogP contribution in [0.4, 0.5) is 13.2 Å². The summed E-state index contributed by atoms with van der Waals surface area (Å²) in [7, 11) is 0. The fourth-order valence-corrected chi connectivity index (χ4v) is 2.10. The van der Waals surface area contributed by atoms with Crippen molar-refractivity contribution in [2.24, 2.45) is 0 Å². The van der Waals surface area contributed by atoms with Gasteiger partial charge in [-0.05, 0) is 29.5 Å². The third-order valence-corrected chi connectivity index (χ3v) is 3.79. The Morgan fingerprint density at radius 2 is 1.61 bits per heavy atom. The first-order valence-corrected chi connectivity index (χ1v) is 7.24. The molecule has 1 rings (SSSR count). The van der Waals surface area contributed by atoms with Gasteiger partial charge in [0, 0.05) is 6.54 Å². The number of rotatable bonds is 5. The molecule has 0 heterocycles. The van der Waals surface area contributed by atoms with Crippen molar-refractivity contribution in [2.75, 3.05) is 6.61 Å². The van der Waals surface area contributed by atoms with Crippen LogP contribution in [0.5, 0.6) is 0 Å². The van der Waals surface area contributed by atoms with Crippen LogP contribution in [0.2, 0.25) is 0 Å². The van der Waals surface area contributed by atoms with Crippen LogP contribution in [0.15, 0.2) is 18.2 Å². The molecule has 1 unspecified atom stereocenters. The van der Waals surface area contributed by atoms with Crippen molar-refractivity contribution in [2.45, 2.75) is 57.7 Å². The molecule has 0 saturated carbocycles. The van der Waals surface area contributed by atoms with Gasteiger partial charge in [-0.3, -0.25) is 0 Å². The lowest BCUT2D eigenvalue weighted by Gasteiger charge is -2.31. The van der Waals surface area contributed by atoms with Crippen LogP contribution in [-0.2, 0) is 18.1 Å². The number of aliphatic hydroxyl groups excluding tert-OH is 2. The molecule has 4 N–H and O–H groups in total. The minimum absolute atomic E-state index is 0.0932. The van der Waals surface area contributed by atoms with Crippen molar-refractivity contribution in [3.63, 3.8) is 0 Å². The Balaban J connectivity index is 3.12. The molecule has 23 heavy (non-hydrogen) atoms. The molecule has 4 nitrogen and oxygen atoms in total. The monoisotopic (exact) mass is 335 g/mol. The average Bonchev–Trinajstić information content (AvgIpc) is 2.42. The highest BCUT2D eigenvalue weighted by atomic mass is 19.4. The summed E-state index contributed by atoms with van der Waals surface area (Å²) in [5.74, 6) is 0. The van der Waals surface area contributed by atoms with E-state index >= 15 is 0 Å². The summed E-state index contributed by atoms with van der Waals surface area (Å²) in [6, 6.07) is 3.83. The summed E-state index contributed by atoms with van der Waals surface area (Å²) in [5.41, 5.74) is -2.01. The smallest absolute Gasteiger partial charge is 0.394 e. The fraction of sp³-hybridized carbons (Fsp3) is 0.625. The first kappa shape index (κ1) is 19.9. The van der Waals surface area contributed by atoms with E-state index in [0.717, 1.165) is 6.07 Å². The number of halogens is 3. The highest BCUT2D eigenvalue weighted by Gasteiger charge is 2.36. The van der Waals surface area contributed by atoms with Crippen molar-refractivity contribution in [3.05, 3.63) is 34.9 Å². The molecule has 132 valence electrons. The Hall–Kier alpha value is -1.15. The van der Waals surface area contributed by atoms with Crippen LogP contribution in [0.3, 0.4) is 0 Å². The van der Waals surface area contributed by atoms with E-state index in [9.17, 15) is 28.5 Å². The maximum absolute atomic E-state index is 13.1. The zero-order chi connectivity index (χ0) is 18.1.